The van der Waals surface area contributed by atoms with E-state index in [4.69, 9.17) is 14.5 Å². The number of amides is 1. The highest BCUT2D eigenvalue weighted by Gasteiger charge is 2.22. The Labute approximate surface area is 181 Å². The van der Waals surface area contributed by atoms with Crippen LogP contribution in [-0.4, -0.2) is 49.8 Å². The Kier molecular flexibility index (Phi) is 5.92. The quantitative estimate of drug-likeness (QED) is 0.569. The first-order chi connectivity index (χ1) is 14.4. The number of ether oxygens (including phenoxy) is 2. The zero-order valence-electron chi connectivity index (χ0n) is 17.9. The molecule has 4 rings (SSSR count). The summed E-state index contributed by atoms with van der Waals surface area (Å²) in [6.45, 7) is 5.94. The molecule has 0 saturated heterocycles. The summed E-state index contributed by atoms with van der Waals surface area (Å²) in [5, 5.41) is 0.770. The fourth-order valence-corrected chi connectivity index (χ4v) is 4.71. The van der Waals surface area contributed by atoms with Gasteiger partial charge in [-0.2, -0.15) is 0 Å². The molecule has 3 aromatic rings. The number of aromatic nitrogens is 1. The van der Waals surface area contributed by atoms with Crippen molar-refractivity contribution in [1.29, 1.82) is 0 Å². The Hall–Kier alpha value is -2.64. The maximum absolute atomic E-state index is 13.3. The van der Waals surface area contributed by atoms with Crippen molar-refractivity contribution >= 4 is 32.6 Å². The Morgan fingerprint density at radius 2 is 1.83 bits per heavy atom. The topological polar surface area (TPSA) is 54.9 Å². The summed E-state index contributed by atoms with van der Waals surface area (Å²) in [5.41, 5.74) is 4.23. The smallest absolute Gasteiger partial charge is 0.233 e. The lowest BCUT2D eigenvalue weighted by Crippen LogP contribution is -2.34. The normalized spacial score (nSPS) is 12.7. The maximum Gasteiger partial charge on any atom is 0.233 e. The maximum atomic E-state index is 13.3. The highest BCUT2D eigenvalue weighted by Crippen LogP contribution is 2.35. The Morgan fingerprint density at radius 3 is 2.60 bits per heavy atom. The van der Waals surface area contributed by atoms with E-state index in [1.807, 2.05) is 37.2 Å². The molecular weight excluding hydrogens is 398 g/mol. The van der Waals surface area contributed by atoms with Gasteiger partial charge in [0.25, 0.3) is 0 Å². The molecule has 7 heteroatoms. The molecule has 6 nitrogen and oxygen atoms in total. The first-order valence-corrected chi connectivity index (χ1v) is 10.9. The first kappa shape index (κ1) is 20.6. The van der Waals surface area contributed by atoms with E-state index in [0.717, 1.165) is 45.2 Å². The minimum atomic E-state index is 0.0435. The fourth-order valence-electron chi connectivity index (χ4n) is 3.56. The van der Waals surface area contributed by atoms with E-state index >= 15 is 0 Å². The van der Waals surface area contributed by atoms with E-state index < -0.39 is 0 Å². The highest BCUT2D eigenvalue weighted by molar-refractivity contribution is 7.22. The van der Waals surface area contributed by atoms with Gasteiger partial charge in [0.1, 0.15) is 0 Å². The van der Waals surface area contributed by atoms with Crippen LogP contribution in [0.5, 0.6) is 11.5 Å². The number of carbonyl (C=O) groups is 1. The minimum absolute atomic E-state index is 0.0435. The lowest BCUT2D eigenvalue weighted by atomic mass is 10.1. The number of nitrogens with zero attached hydrogens (tertiary/aromatic N) is 3. The minimum Gasteiger partial charge on any atom is -0.454 e. The van der Waals surface area contributed by atoms with Gasteiger partial charge in [-0.3, -0.25) is 9.69 Å². The van der Waals surface area contributed by atoms with Gasteiger partial charge in [0.2, 0.25) is 12.7 Å². The van der Waals surface area contributed by atoms with Crippen LogP contribution in [0.25, 0.3) is 10.2 Å². The number of benzene rings is 2. The lowest BCUT2D eigenvalue weighted by molar-refractivity contribution is -0.118. The second-order valence-corrected chi connectivity index (χ2v) is 8.92. The molecule has 1 aliphatic rings. The van der Waals surface area contributed by atoms with Gasteiger partial charge in [-0.1, -0.05) is 29.5 Å². The monoisotopic (exact) mass is 425 g/mol. The second kappa shape index (κ2) is 8.62. The number of hydrogen-bond donors (Lipinski definition) is 0. The van der Waals surface area contributed by atoms with E-state index in [1.54, 1.807) is 11.3 Å². The van der Waals surface area contributed by atoms with Crippen LogP contribution < -0.4 is 14.4 Å². The van der Waals surface area contributed by atoms with Gasteiger partial charge in [-0.15, -0.1) is 0 Å². The van der Waals surface area contributed by atoms with Crippen molar-refractivity contribution in [1.82, 2.24) is 9.88 Å². The molecule has 0 bridgehead atoms. The number of hydrogen-bond acceptors (Lipinski definition) is 6. The number of aryl methyl sites for hydroxylation is 2. The molecule has 30 heavy (non-hydrogen) atoms. The fraction of sp³-hybridized carbons (Fsp3) is 0.391. The van der Waals surface area contributed by atoms with Gasteiger partial charge in [0.15, 0.2) is 16.6 Å². The molecule has 2 heterocycles. The number of carbonyl (C=O) groups excluding carboxylic acids is 1. The summed E-state index contributed by atoms with van der Waals surface area (Å²) >= 11 is 1.60. The summed E-state index contributed by atoms with van der Waals surface area (Å²) in [7, 11) is 4.09. The summed E-state index contributed by atoms with van der Waals surface area (Å²) < 4.78 is 12.0. The van der Waals surface area contributed by atoms with Crippen molar-refractivity contribution in [2.75, 3.05) is 38.9 Å². The summed E-state index contributed by atoms with van der Waals surface area (Å²) in [6, 6.07) is 9.89. The van der Waals surface area contributed by atoms with Crippen LogP contribution in [-0.2, 0) is 11.2 Å². The van der Waals surface area contributed by atoms with Crippen molar-refractivity contribution in [2.24, 2.45) is 0 Å². The van der Waals surface area contributed by atoms with Crippen molar-refractivity contribution in [3.8, 4) is 11.5 Å². The second-order valence-electron chi connectivity index (χ2n) is 7.94. The predicted octanol–water partition coefficient (Wildman–Crippen LogP) is 4.17. The van der Waals surface area contributed by atoms with Gasteiger partial charge in [-0.25, -0.2) is 4.98 Å². The first-order valence-electron chi connectivity index (χ1n) is 10.1. The molecule has 2 aromatic carbocycles. The molecule has 158 valence electrons. The molecule has 0 spiro atoms. The number of anilines is 1. The third-order valence-corrected chi connectivity index (χ3v) is 6.46. The van der Waals surface area contributed by atoms with Crippen LogP contribution in [0.3, 0.4) is 0 Å². The molecule has 0 N–H and O–H groups in total. The van der Waals surface area contributed by atoms with Crippen molar-refractivity contribution in [3.63, 3.8) is 0 Å². The van der Waals surface area contributed by atoms with E-state index in [0.29, 0.717) is 18.7 Å². The van der Waals surface area contributed by atoms with E-state index in [-0.39, 0.29) is 12.7 Å². The molecule has 0 unspecified atom stereocenters. The van der Waals surface area contributed by atoms with Crippen molar-refractivity contribution < 1.29 is 14.3 Å². The molecule has 0 saturated carbocycles. The SMILES string of the molecule is Cc1ccc(C)c2sc(N(CCCN(C)C)C(=O)Cc3ccc4c(c3)OCO4)nc12. The van der Waals surface area contributed by atoms with Gasteiger partial charge in [0.05, 0.1) is 16.6 Å². The Bertz CT molecular complexity index is 1040. The molecule has 1 amide bonds. The van der Waals surface area contributed by atoms with Crippen LogP contribution in [0.4, 0.5) is 5.13 Å². The van der Waals surface area contributed by atoms with E-state index in [9.17, 15) is 4.79 Å². The zero-order chi connectivity index (χ0) is 21.3. The van der Waals surface area contributed by atoms with Crippen LogP contribution in [0.15, 0.2) is 30.3 Å². The van der Waals surface area contributed by atoms with Gasteiger partial charge >= 0.3 is 0 Å². The van der Waals surface area contributed by atoms with Crippen molar-refractivity contribution in [2.45, 2.75) is 26.7 Å². The summed E-state index contributed by atoms with van der Waals surface area (Å²) in [4.78, 5) is 22.2. The zero-order valence-corrected chi connectivity index (χ0v) is 18.7. The summed E-state index contributed by atoms with van der Waals surface area (Å²) in [6.07, 6.45) is 1.18. The molecule has 1 aliphatic heterocycles. The molecule has 1 aromatic heterocycles. The Balaban J connectivity index is 1.61. The average molecular weight is 426 g/mol. The number of rotatable bonds is 7. The summed E-state index contributed by atoms with van der Waals surface area (Å²) in [5.74, 6) is 1.47. The van der Waals surface area contributed by atoms with Gasteiger partial charge in [0, 0.05) is 6.54 Å². The lowest BCUT2D eigenvalue weighted by Gasteiger charge is -2.21. The van der Waals surface area contributed by atoms with Crippen LogP contribution in [0.2, 0.25) is 0 Å². The highest BCUT2D eigenvalue weighted by atomic mass is 32.1. The number of fused-ring (bicyclic) bond motifs is 2. The molecule has 0 atom stereocenters. The molecule has 0 fully saturated rings. The van der Waals surface area contributed by atoms with Crippen LogP contribution >= 0.6 is 11.3 Å². The molecule has 0 radical (unpaired) electrons. The Morgan fingerprint density at radius 1 is 1.07 bits per heavy atom. The van der Waals surface area contributed by atoms with E-state index in [1.165, 1.54) is 5.56 Å². The van der Waals surface area contributed by atoms with E-state index in [2.05, 4.69) is 30.9 Å². The average Bonchev–Trinajstić information content (AvgIpc) is 3.35. The van der Waals surface area contributed by atoms with Crippen LogP contribution in [0.1, 0.15) is 23.1 Å². The van der Waals surface area contributed by atoms with Gasteiger partial charge in [-0.05, 0) is 69.7 Å². The third-order valence-electron chi connectivity index (χ3n) is 5.24. The standard InChI is InChI=1S/C23H27N3O3S/c1-15-6-7-16(2)22-21(15)24-23(30-22)26(11-5-10-25(3)4)20(27)13-17-8-9-18-19(12-17)29-14-28-18/h6-9,12H,5,10-11,13-14H2,1-4H3. The van der Waals surface area contributed by atoms with Crippen LogP contribution in [0, 0.1) is 13.8 Å². The predicted molar refractivity (Wildman–Crippen MR) is 121 cm³/mol. The molecular formula is C23H27N3O3S. The van der Waals surface area contributed by atoms with Gasteiger partial charge < -0.3 is 14.4 Å². The molecule has 0 aliphatic carbocycles. The largest absolute Gasteiger partial charge is 0.454 e. The third kappa shape index (κ3) is 4.27. The van der Waals surface area contributed by atoms with Crippen molar-refractivity contribution in [3.05, 3.63) is 47.0 Å². The number of thiazole rings is 1.